The SMILES string of the molecule is Cc1ccc(NC(=O)CSc2nc(C)c(Cc3ccccc3)c(=O)[nH]2)cc1F. The van der Waals surface area contributed by atoms with Crippen molar-refractivity contribution in [1.29, 1.82) is 0 Å². The molecule has 0 saturated carbocycles. The summed E-state index contributed by atoms with van der Waals surface area (Å²) < 4.78 is 13.6. The van der Waals surface area contributed by atoms with Crippen LogP contribution in [0.25, 0.3) is 0 Å². The number of halogens is 1. The average molecular weight is 397 g/mol. The third-order valence-electron chi connectivity index (χ3n) is 4.22. The standard InChI is InChI=1S/C21H20FN3O2S/c1-13-8-9-16(11-18(13)22)24-19(26)12-28-21-23-14(2)17(20(27)25-21)10-15-6-4-3-5-7-15/h3-9,11H,10,12H2,1-2H3,(H,24,26)(H,23,25,27). The lowest BCUT2D eigenvalue weighted by molar-refractivity contribution is -0.113. The highest BCUT2D eigenvalue weighted by molar-refractivity contribution is 7.99. The summed E-state index contributed by atoms with van der Waals surface area (Å²) in [5, 5.41) is 3.01. The first-order chi connectivity index (χ1) is 13.4. The summed E-state index contributed by atoms with van der Waals surface area (Å²) in [5.74, 6) is -0.626. The van der Waals surface area contributed by atoms with E-state index in [0.717, 1.165) is 17.3 Å². The molecule has 0 radical (unpaired) electrons. The molecule has 1 aromatic heterocycles. The molecule has 2 aromatic carbocycles. The molecule has 1 amide bonds. The molecule has 0 aliphatic heterocycles. The van der Waals surface area contributed by atoms with Crippen molar-refractivity contribution >= 4 is 23.4 Å². The van der Waals surface area contributed by atoms with Crippen LogP contribution < -0.4 is 10.9 Å². The second-order valence-corrected chi connectivity index (χ2v) is 7.36. The summed E-state index contributed by atoms with van der Waals surface area (Å²) in [6.45, 7) is 3.44. The second-order valence-electron chi connectivity index (χ2n) is 6.40. The number of aromatic amines is 1. The van der Waals surface area contributed by atoms with E-state index in [2.05, 4.69) is 15.3 Å². The highest BCUT2D eigenvalue weighted by Crippen LogP contribution is 2.17. The predicted octanol–water partition coefficient (Wildman–Crippen LogP) is 3.85. The van der Waals surface area contributed by atoms with E-state index in [0.29, 0.717) is 34.1 Å². The number of amides is 1. The van der Waals surface area contributed by atoms with Crippen molar-refractivity contribution < 1.29 is 9.18 Å². The molecule has 0 unspecified atom stereocenters. The van der Waals surface area contributed by atoms with Gasteiger partial charge in [-0.3, -0.25) is 9.59 Å². The molecule has 3 rings (SSSR count). The van der Waals surface area contributed by atoms with Crippen LogP contribution in [0, 0.1) is 19.7 Å². The van der Waals surface area contributed by atoms with Crippen molar-refractivity contribution in [3.8, 4) is 0 Å². The van der Waals surface area contributed by atoms with Crippen molar-refractivity contribution in [2.75, 3.05) is 11.1 Å². The summed E-state index contributed by atoms with van der Waals surface area (Å²) in [7, 11) is 0. The van der Waals surface area contributed by atoms with Crippen LogP contribution in [0.2, 0.25) is 0 Å². The third-order valence-corrected chi connectivity index (χ3v) is 5.09. The minimum atomic E-state index is -0.374. The van der Waals surface area contributed by atoms with E-state index in [9.17, 15) is 14.0 Å². The summed E-state index contributed by atoms with van der Waals surface area (Å²) in [4.78, 5) is 31.6. The largest absolute Gasteiger partial charge is 0.325 e. The first-order valence-electron chi connectivity index (χ1n) is 8.75. The second kappa shape index (κ2) is 8.84. The zero-order chi connectivity index (χ0) is 20.1. The lowest BCUT2D eigenvalue weighted by Crippen LogP contribution is -2.19. The van der Waals surface area contributed by atoms with Gasteiger partial charge in [-0.25, -0.2) is 9.37 Å². The molecule has 5 nitrogen and oxygen atoms in total. The highest BCUT2D eigenvalue weighted by atomic mass is 32.2. The molecular formula is C21H20FN3O2S. The van der Waals surface area contributed by atoms with E-state index >= 15 is 0 Å². The molecule has 0 saturated heterocycles. The number of hydrogen-bond donors (Lipinski definition) is 2. The number of nitrogens with one attached hydrogen (secondary N) is 2. The molecule has 0 fully saturated rings. The maximum absolute atomic E-state index is 13.6. The Balaban J connectivity index is 1.63. The molecule has 1 heterocycles. The van der Waals surface area contributed by atoms with Gasteiger partial charge in [0, 0.05) is 23.4 Å². The van der Waals surface area contributed by atoms with E-state index < -0.39 is 0 Å². The summed E-state index contributed by atoms with van der Waals surface area (Å²) in [5.41, 5.74) is 2.97. The van der Waals surface area contributed by atoms with Gasteiger partial charge >= 0.3 is 0 Å². The summed E-state index contributed by atoms with van der Waals surface area (Å²) >= 11 is 1.13. The van der Waals surface area contributed by atoms with Crippen molar-refractivity contribution in [3.63, 3.8) is 0 Å². The highest BCUT2D eigenvalue weighted by Gasteiger charge is 2.11. The van der Waals surface area contributed by atoms with Crippen LogP contribution in [0.3, 0.4) is 0 Å². The number of carbonyl (C=O) groups excluding carboxylic acids is 1. The van der Waals surface area contributed by atoms with Gasteiger partial charge in [-0.1, -0.05) is 48.2 Å². The Morgan fingerprint density at radius 3 is 2.61 bits per heavy atom. The zero-order valence-corrected chi connectivity index (χ0v) is 16.4. The number of aryl methyl sites for hydroxylation is 2. The Labute approximate surface area is 166 Å². The van der Waals surface area contributed by atoms with Crippen LogP contribution in [0.5, 0.6) is 0 Å². The van der Waals surface area contributed by atoms with Crippen LogP contribution in [0.15, 0.2) is 58.5 Å². The van der Waals surface area contributed by atoms with Crippen LogP contribution in [0.1, 0.15) is 22.4 Å². The van der Waals surface area contributed by atoms with Gasteiger partial charge in [-0.05, 0) is 37.1 Å². The van der Waals surface area contributed by atoms with Crippen molar-refractivity contribution in [2.45, 2.75) is 25.4 Å². The molecule has 0 aliphatic rings. The van der Waals surface area contributed by atoms with E-state index in [4.69, 9.17) is 0 Å². The number of thioether (sulfide) groups is 1. The molecular weight excluding hydrogens is 377 g/mol. The molecule has 0 spiro atoms. The monoisotopic (exact) mass is 397 g/mol. The fraction of sp³-hybridized carbons (Fsp3) is 0.190. The number of benzene rings is 2. The van der Waals surface area contributed by atoms with Gasteiger partial charge in [-0.2, -0.15) is 0 Å². The van der Waals surface area contributed by atoms with Gasteiger partial charge < -0.3 is 10.3 Å². The van der Waals surface area contributed by atoms with Gasteiger partial charge in [0.05, 0.1) is 5.75 Å². The van der Waals surface area contributed by atoms with Crippen molar-refractivity contribution in [3.05, 3.63) is 87.1 Å². The fourth-order valence-corrected chi connectivity index (χ4v) is 3.37. The Bertz CT molecular complexity index is 1050. The lowest BCUT2D eigenvalue weighted by atomic mass is 10.1. The van der Waals surface area contributed by atoms with Crippen molar-refractivity contribution in [2.24, 2.45) is 0 Å². The van der Waals surface area contributed by atoms with Crippen LogP contribution in [-0.2, 0) is 11.2 Å². The first kappa shape index (κ1) is 19.8. The third kappa shape index (κ3) is 5.07. The molecule has 7 heteroatoms. The van der Waals surface area contributed by atoms with Gasteiger partial charge in [0.15, 0.2) is 5.16 Å². The minimum Gasteiger partial charge on any atom is -0.325 e. The molecule has 28 heavy (non-hydrogen) atoms. The van der Waals surface area contributed by atoms with E-state index in [1.165, 1.54) is 6.07 Å². The number of H-pyrrole nitrogens is 1. The molecule has 0 aliphatic carbocycles. The maximum atomic E-state index is 13.6. The minimum absolute atomic E-state index is 0.0515. The number of nitrogens with zero attached hydrogens (tertiary/aromatic N) is 1. The van der Waals surface area contributed by atoms with Crippen molar-refractivity contribution in [1.82, 2.24) is 9.97 Å². The van der Waals surface area contributed by atoms with Gasteiger partial charge in [0.25, 0.3) is 5.56 Å². The number of aromatic nitrogens is 2. The average Bonchev–Trinajstić information content (AvgIpc) is 2.67. The van der Waals surface area contributed by atoms with Gasteiger partial charge in [0.2, 0.25) is 5.91 Å². The number of anilines is 1. The fourth-order valence-electron chi connectivity index (χ4n) is 2.66. The smallest absolute Gasteiger partial charge is 0.255 e. The Kier molecular flexibility index (Phi) is 6.26. The van der Waals surface area contributed by atoms with Crippen LogP contribution >= 0.6 is 11.8 Å². The maximum Gasteiger partial charge on any atom is 0.255 e. The Morgan fingerprint density at radius 1 is 1.18 bits per heavy atom. The van der Waals surface area contributed by atoms with Gasteiger partial charge in [-0.15, -0.1) is 0 Å². The summed E-state index contributed by atoms with van der Waals surface area (Å²) in [6.07, 6.45) is 0.499. The number of carbonyl (C=O) groups is 1. The Hall–Kier alpha value is -2.93. The zero-order valence-electron chi connectivity index (χ0n) is 15.6. The van der Waals surface area contributed by atoms with Gasteiger partial charge in [0.1, 0.15) is 5.82 Å². The quantitative estimate of drug-likeness (QED) is 0.489. The molecule has 0 bridgehead atoms. The molecule has 0 atom stereocenters. The number of hydrogen-bond acceptors (Lipinski definition) is 4. The number of rotatable bonds is 6. The Morgan fingerprint density at radius 2 is 1.93 bits per heavy atom. The van der Waals surface area contributed by atoms with E-state index in [1.54, 1.807) is 26.0 Å². The molecule has 3 aromatic rings. The van der Waals surface area contributed by atoms with Crippen LogP contribution in [-0.4, -0.2) is 21.6 Å². The normalized spacial score (nSPS) is 10.7. The summed E-state index contributed by atoms with van der Waals surface area (Å²) in [6, 6.07) is 14.2. The lowest BCUT2D eigenvalue weighted by Gasteiger charge is -2.08. The first-order valence-corrected chi connectivity index (χ1v) is 9.73. The van der Waals surface area contributed by atoms with E-state index in [1.807, 2.05) is 30.3 Å². The molecule has 144 valence electrons. The topological polar surface area (TPSA) is 74.8 Å². The van der Waals surface area contributed by atoms with Crippen LogP contribution in [0.4, 0.5) is 10.1 Å². The molecule has 2 N–H and O–H groups in total. The van der Waals surface area contributed by atoms with E-state index in [-0.39, 0.29) is 23.0 Å². The predicted molar refractivity (Wildman–Crippen MR) is 109 cm³/mol.